The van der Waals surface area contributed by atoms with Gasteiger partial charge in [0.05, 0.1) is 0 Å². The summed E-state index contributed by atoms with van der Waals surface area (Å²) in [5.41, 5.74) is 4.22. The van der Waals surface area contributed by atoms with Crippen molar-refractivity contribution in [3.05, 3.63) is 46.8 Å². The number of carbonyl (C=O) groups excluding carboxylic acids is 1. The van der Waals surface area contributed by atoms with Gasteiger partial charge in [0.2, 0.25) is 5.95 Å². The second kappa shape index (κ2) is 8.58. The van der Waals surface area contributed by atoms with Crippen LogP contribution in [0.5, 0.6) is 0 Å². The van der Waals surface area contributed by atoms with Crippen LogP contribution in [0.25, 0.3) is 0 Å². The Morgan fingerprint density at radius 2 is 1.84 bits per heavy atom. The highest BCUT2D eigenvalue weighted by Crippen LogP contribution is 2.15. The van der Waals surface area contributed by atoms with E-state index in [2.05, 4.69) is 25.5 Å². The van der Waals surface area contributed by atoms with Crippen molar-refractivity contribution in [2.45, 2.75) is 27.2 Å². The fourth-order valence-corrected chi connectivity index (χ4v) is 2.37. The first-order chi connectivity index (χ1) is 11.8. The minimum atomic E-state index is -0.231. The van der Waals surface area contributed by atoms with Gasteiger partial charge in [-0.15, -0.1) is 0 Å². The van der Waals surface area contributed by atoms with E-state index in [-0.39, 0.29) is 5.91 Å². The number of nitrogens with one attached hydrogen (secondary N) is 2. The molecule has 0 aliphatic rings. The van der Waals surface area contributed by atoms with Gasteiger partial charge < -0.3 is 15.5 Å². The number of benzene rings is 1. The minimum absolute atomic E-state index is 0.231. The second-order valence-corrected chi connectivity index (χ2v) is 6.55. The molecule has 134 valence electrons. The predicted octanol–water partition coefficient (Wildman–Crippen LogP) is 3.02. The van der Waals surface area contributed by atoms with Crippen molar-refractivity contribution < 1.29 is 4.79 Å². The maximum absolute atomic E-state index is 12.5. The molecule has 0 spiro atoms. The standard InChI is InChI=1S/C19H27N5O/c1-13-7-8-16(11-14(13)2)22-18(25)17-12-15(3)21-19(23-17)20-9-6-10-24(4)5/h7-8,11-12H,6,9-10H2,1-5H3,(H,22,25)(H,20,21,23). The summed E-state index contributed by atoms with van der Waals surface area (Å²) in [6.07, 6.45) is 0.981. The second-order valence-electron chi connectivity index (χ2n) is 6.55. The Kier molecular flexibility index (Phi) is 6.47. The van der Waals surface area contributed by atoms with Crippen LogP contribution in [0, 0.1) is 20.8 Å². The molecule has 1 heterocycles. The predicted molar refractivity (Wildman–Crippen MR) is 102 cm³/mol. The number of aryl methyl sites for hydroxylation is 3. The third kappa shape index (κ3) is 5.83. The Hall–Kier alpha value is -2.47. The third-order valence-corrected chi connectivity index (χ3v) is 3.92. The lowest BCUT2D eigenvalue weighted by Gasteiger charge is -2.11. The van der Waals surface area contributed by atoms with Crippen LogP contribution < -0.4 is 10.6 Å². The molecule has 0 radical (unpaired) electrons. The summed E-state index contributed by atoms with van der Waals surface area (Å²) in [5, 5.41) is 6.09. The van der Waals surface area contributed by atoms with Gasteiger partial charge in [0.15, 0.2) is 0 Å². The molecule has 0 aliphatic heterocycles. The molecule has 2 N–H and O–H groups in total. The number of aromatic nitrogens is 2. The molecule has 1 amide bonds. The number of rotatable bonds is 7. The first-order valence-corrected chi connectivity index (χ1v) is 8.48. The summed E-state index contributed by atoms with van der Waals surface area (Å²) >= 11 is 0. The highest BCUT2D eigenvalue weighted by atomic mass is 16.1. The fourth-order valence-electron chi connectivity index (χ4n) is 2.37. The molecular weight excluding hydrogens is 314 g/mol. The van der Waals surface area contributed by atoms with Crippen LogP contribution in [0.15, 0.2) is 24.3 Å². The van der Waals surface area contributed by atoms with Crippen molar-refractivity contribution in [3.63, 3.8) is 0 Å². The third-order valence-electron chi connectivity index (χ3n) is 3.92. The van der Waals surface area contributed by atoms with Gasteiger partial charge in [-0.1, -0.05) is 6.07 Å². The summed E-state index contributed by atoms with van der Waals surface area (Å²) in [4.78, 5) is 23.3. The summed E-state index contributed by atoms with van der Waals surface area (Å²) < 4.78 is 0. The summed E-state index contributed by atoms with van der Waals surface area (Å²) in [7, 11) is 4.08. The van der Waals surface area contributed by atoms with Crippen molar-refractivity contribution in [3.8, 4) is 0 Å². The van der Waals surface area contributed by atoms with Crippen molar-refractivity contribution in [2.75, 3.05) is 37.8 Å². The largest absolute Gasteiger partial charge is 0.354 e. The van der Waals surface area contributed by atoms with Crippen LogP contribution in [0.1, 0.15) is 33.7 Å². The Labute approximate surface area is 149 Å². The molecule has 6 heteroatoms. The van der Waals surface area contributed by atoms with Gasteiger partial charge in [-0.25, -0.2) is 9.97 Å². The van der Waals surface area contributed by atoms with Gasteiger partial charge in [-0.2, -0.15) is 0 Å². The molecule has 25 heavy (non-hydrogen) atoms. The van der Waals surface area contributed by atoms with E-state index >= 15 is 0 Å². The maximum Gasteiger partial charge on any atom is 0.274 e. The highest BCUT2D eigenvalue weighted by molar-refractivity contribution is 6.03. The summed E-state index contributed by atoms with van der Waals surface area (Å²) in [6.45, 7) is 7.68. The molecular formula is C19H27N5O. The van der Waals surface area contributed by atoms with Gasteiger partial charge in [-0.3, -0.25) is 4.79 Å². The molecule has 0 saturated heterocycles. The van der Waals surface area contributed by atoms with Crippen molar-refractivity contribution in [1.29, 1.82) is 0 Å². The van der Waals surface area contributed by atoms with E-state index in [1.807, 2.05) is 53.1 Å². The van der Waals surface area contributed by atoms with E-state index in [9.17, 15) is 4.79 Å². The zero-order valence-corrected chi connectivity index (χ0v) is 15.7. The molecule has 0 bridgehead atoms. The van der Waals surface area contributed by atoms with E-state index < -0.39 is 0 Å². The van der Waals surface area contributed by atoms with E-state index in [4.69, 9.17) is 0 Å². The van der Waals surface area contributed by atoms with Gasteiger partial charge >= 0.3 is 0 Å². The molecule has 0 fully saturated rings. The lowest BCUT2D eigenvalue weighted by molar-refractivity contribution is 0.102. The number of amides is 1. The normalized spacial score (nSPS) is 10.8. The molecule has 0 saturated carbocycles. The van der Waals surface area contributed by atoms with E-state index in [1.54, 1.807) is 6.07 Å². The molecule has 0 aliphatic carbocycles. The van der Waals surface area contributed by atoms with Crippen LogP contribution in [0.2, 0.25) is 0 Å². The molecule has 1 aromatic heterocycles. The van der Waals surface area contributed by atoms with Crippen LogP contribution in [-0.2, 0) is 0 Å². The van der Waals surface area contributed by atoms with Crippen LogP contribution in [-0.4, -0.2) is 48.0 Å². The average Bonchev–Trinajstić information content (AvgIpc) is 2.54. The summed E-state index contributed by atoms with van der Waals surface area (Å²) in [5.74, 6) is 0.258. The molecule has 2 aromatic rings. The first-order valence-electron chi connectivity index (χ1n) is 8.48. The van der Waals surface area contributed by atoms with E-state index in [0.29, 0.717) is 11.6 Å². The van der Waals surface area contributed by atoms with Crippen LogP contribution in [0.4, 0.5) is 11.6 Å². The van der Waals surface area contributed by atoms with Crippen molar-refractivity contribution in [2.24, 2.45) is 0 Å². The number of nitrogens with zero attached hydrogens (tertiary/aromatic N) is 3. The summed E-state index contributed by atoms with van der Waals surface area (Å²) in [6, 6.07) is 7.55. The first kappa shape index (κ1) is 18.9. The molecule has 0 atom stereocenters. The molecule has 0 unspecified atom stereocenters. The zero-order valence-electron chi connectivity index (χ0n) is 15.7. The number of carbonyl (C=O) groups is 1. The topological polar surface area (TPSA) is 70.2 Å². The van der Waals surface area contributed by atoms with Crippen molar-refractivity contribution >= 4 is 17.5 Å². The fraction of sp³-hybridized carbons (Fsp3) is 0.421. The van der Waals surface area contributed by atoms with Crippen LogP contribution >= 0.6 is 0 Å². The Morgan fingerprint density at radius 1 is 1.08 bits per heavy atom. The maximum atomic E-state index is 12.5. The lowest BCUT2D eigenvalue weighted by atomic mass is 10.1. The average molecular weight is 341 g/mol. The zero-order chi connectivity index (χ0) is 18.4. The van der Waals surface area contributed by atoms with Gasteiger partial charge in [0.1, 0.15) is 5.69 Å². The highest BCUT2D eigenvalue weighted by Gasteiger charge is 2.11. The smallest absolute Gasteiger partial charge is 0.274 e. The Balaban J connectivity index is 2.04. The monoisotopic (exact) mass is 341 g/mol. The number of hydrogen-bond acceptors (Lipinski definition) is 5. The molecule has 6 nitrogen and oxygen atoms in total. The minimum Gasteiger partial charge on any atom is -0.354 e. The van der Waals surface area contributed by atoms with Crippen molar-refractivity contribution in [1.82, 2.24) is 14.9 Å². The van der Waals surface area contributed by atoms with E-state index in [1.165, 1.54) is 5.56 Å². The lowest BCUT2D eigenvalue weighted by Crippen LogP contribution is -2.19. The number of hydrogen-bond donors (Lipinski definition) is 2. The number of anilines is 2. The Bertz CT molecular complexity index is 743. The van der Waals surface area contributed by atoms with Gasteiger partial charge in [-0.05, 0) is 77.2 Å². The van der Waals surface area contributed by atoms with E-state index in [0.717, 1.165) is 36.5 Å². The van der Waals surface area contributed by atoms with Gasteiger partial charge in [0, 0.05) is 17.9 Å². The Morgan fingerprint density at radius 3 is 2.52 bits per heavy atom. The van der Waals surface area contributed by atoms with Crippen LogP contribution in [0.3, 0.4) is 0 Å². The molecule has 2 rings (SSSR count). The molecule has 1 aromatic carbocycles. The quantitative estimate of drug-likeness (QED) is 0.758. The SMILES string of the molecule is Cc1cc(C(=O)Nc2ccc(C)c(C)c2)nc(NCCCN(C)C)n1. The van der Waals surface area contributed by atoms with Gasteiger partial charge in [0.25, 0.3) is 5.91 Å².